The predicted octanol–water partition coefficient (Wildman–Crippen LogP) is 3.62. The monoisotopic (exact) mass is 382 g/mol. The highest BCUT2D eigenvalue weighted by atomic mass is 16.5. The van der Waals surface area contributed by atoms with Crippen LogP contribution in [0, 0.1) is 25.2 Å². The molecule has 0 saturated heterocycles. The number of carbonyl (C=O) groups is 2. The number of ketones is 1. The molecule has 0 aliphatic rings. The molecule has 28 heavy (non-hydrogen) atoms. The molecule has 0 aliphatic carbocycles. The van der Waals surface area contributed by atoms with Crippen molar-refractivity contribution >= 4 is 17.8 Å². The fourth-order valence-electron chi connectivity index (χ4n) is 2.89. The van der Waals surface area contributed by atoms with Crippen LogP contribution >= 0.6 is 0 Å². The van der Waals surface area contributed by atoms with E-state index in [0.29, 0.717) is 28.5 Å². The summed E-state index contributed by atoms with van der Waals surface area (Å²) >= 11 is 0. The minimum absolute atomic E-state index is 0.122. The molecule has 1 aromatic heterocycles. The van der Waals surface area contributed by atoms with Gasteiger partial charge < -0.3 is 19.2 Å². The van der Waals surface area contributed by atoms with Gasteiger partial charge in [-0.25, -0.2) is 4.79 Å². The van der Waals surface area contributed by atoms with Crippen LogP contribution in [0.25, 0.3) is 6.08 Å². The van der Waals surface area contributed by atoms with Crippen LogP contribution in [0.5, 0.6) is 11.5 Å². The number of rotatable bonds is 7. The second-order valence-electron chi connectivity index (χ2n) is 5.99. The van der Waals surface area contributed by atoms with Crippen molar-refractivity contribution in [1.29, 1.82) is 5.26 Å². The molecule has 7 nitrogen and oxygen atoms in total. The number of nitrogens with zero attached hydrogens (tertiary/aromatic N) is 1. The lowest BCUT2D eigenvalue weighted by Gasteiger charge is -2.07. The molecular formula is C21H22N2O5. The molecule has 0 spiro atoms. The molecule has 0 saturated carbocycles. The normalized spacial score (nSPS) is 10.9. The number of nitrogens with one attached hydrogen (secondary N) is 1. The number of aromatic nitrogens is 1. The van der Waals surface area contributed by atoms with Crippen molar-refractivity contribution in [3.63, 3.8) is 0 Å². The molecule has 0 amide bonds. The number of aryl methyl sites for hydroxylation is 2. The minimum Gasteiger partial charge on any atom is -0.497 e. The van der Waals surface area contributed by atoms with Crippen molar-refractivity contribution in [1.82, 2.24) is 4.98 Å². The van der Waals surface area contributed by atoms with Gasteiger partial charge in [0, 0.05) is 17.5 Å². The molecule has 1 heterocycles. The Labute approximate surface area is 163 Å². The Kier molecular flexibility index (Phi) is 6.61. The minimum atomic E-state index is -0.604. The number of ether oxygens (including phenoxy) is 3. The Morgan fingerprint density at radius 3 is 2.14 bits per heavy atom. The standard InChI is InChI=1S/C21H22N2O5/c1-6-28-21(25)19-13(3)23-12(2)18(19)20(24)15(11-22)7-14-8-16(26-4)10-17(9-14)27-5/h7-10,23H,6H2,1-5H3/b15-7+. The van der Waals surface area contributed by atoms with Gasteiger partial charge in [0.2, 0.25) is 5.78 Å². The largest absolute Gasteiger partial charge is 0.497 e. The van der Waals surface area contributed by atoms with Gasteiger partial charge in [0.05, 0.1) is 32.0 Å². The number of Topliss-reactive ketones (excluding diaryl/α,β-unsaturated/α-hetero) is 1. The Bertz CT molecular complexity index is 957. The van der Waals surface area contributed by atoms with Gasteiger partial charge in [-0.2, -0.15) is 5.26 Å². The number of nitriles is 1. The fourth-order valence-corrected chi connectivity index (χ4v) is 2.89. The predicted molar refractivity (Wildman–Crippen MR) is 104 cm³/mol. The maximum Gasteiger partial charge on any atom is 0.340 e. The zero-order valence-electron chi connectivity index (χ0n) is 16.5. The molecule has 7 heteroatoms. The van der Waals surface area contributed by atoms with Crippen molar-refractivity contribution in [3.8, 4) is 17.6 Å². The third-order valence-electron chi connectivity index (χ3n) is 4.13. The molecule has 0 aliphatic heterocycles. The SMILES string of the molecule is CCOC(=O)c1c(C)[nH]c(C)c1C(=O)/C(C#N)=C/c1cc(OC)cc(OC)c1. The van der Waals surface area contributed by atoms with Gasteiger partial charge in [-0.3, -0.25) is 4.79 Å². The Morgan fingerprint density at radius 2 is 1.64 bits per heavy atom. The van der Waals surface area contributed by atoms with Crippen LogP contribution in [-0.2, 0) is 4.74 Å². The molecule has 0 fully saturated rings. The quantitative estimate of drug-likeness (QED) is 0.340. The molecule has 0 bridgehead atoms. The van der Waals surface area contributed by atoms with Gasteiger partial charge in [-0.15, -0.1) is 0 Å². The summed E-state index contributed by atoms with van der Waals surface area (Å²) in [7, 11) is 3.02. The molecule has 0 radical (unpaired) electrons. The van der Waals surface area contributed by atoms with E-state index in [2.05, 4.69) is 4.98 Å². The van der Waals surface area contributed by atoms with Crippen LogP contribution in [0.4, 0.5) is 0 Å². The van der Waals surface area contributed by atoms with Gasteiger partial charge in [-0.1, -0.05) is 0 Å². The lowest BCUT2D eigenvalue weighted by atomic mass is 9.98. The van der Waals surface area contributed by atoms with Crippen molar-refractivity contribution in [2.24, 2.45) is 0 Å². The van der Waals surface area contributed by atoms with Crippen LogP contribution in [-0.4, -0.2) is 37.6 Å². The average molecular weight is 382 g/mol. The number of benzene rings is 1. The number of H-pyrrole nitrogens is 1. The van der Waals surface area contributed by atoms with E-state index in [-0.39, 0.29) is 23.3 Å². The summed E-state index contributed by atoms with van der Waals surface area (Å²) in [4.78, 5) is 28.4. The van der Waals surface area contributed by atoms with Crippen molar-refractivity contribution in [2.75, 3.05) is 20.8 Å². The zero-order chi connectivity index (χ0) is 20.8. The number of hydrogen-bond acceptors (Lipinski definition) is 6. The number of carbonyl (C=O) groups excluding carboxylic acids is 2. The van der Waals surface area contributed by atoms with Crippen LogP contribution < -0.4 is 9.47 Å². The van der Waals surface area contributed by atoms with Crippen LogP contribution in [0.15, 0.2) is 23.8 Å². The first-order valence-corrected chi connectivity index (χ1v) is 8.62. The van der Waals surface area contributed by atoms with E-state index in [1.165, 1.54) is 20.3 Å². The molecule has 2 rings (SSSR count). The summed E-state index contributed by atoms with van der Waals surface area (Å²) in [6.07, 6.45) is 1.43. The maximum atomic E-state index is 13.1. The molecule has 1 aromatic carbocycles. The molecule has 2 aromatic rings. The highest BCUT2D eigenvalue weighted by molar-refractivity contribution is 6.19. The highest BCUT2D eigenvalue weighted by Gasteiger charge is 2.27. The van der Waals surface area contributed by atoms with Crippen LogP contribution in [0.2, 0.25) is 0 Å². The summed E-state index contributed by atoms with van der Waals surface area (Å²) in [6.45, 7) is 5.22. The van der Waals surface area contributed by atoms with Crippen LogP contribution in [0.3, 0.4) is 0 Å². The summed E-state index contributed by atoms with van der Waals surface area (Å²) < 4.78 is 15.5. The Balaban J connectivity index is 2.55. The van der Waals surface area contributed by atoms with E-state index in [4.69, 9.17) is 14.2 Å². The molecule has 146 valence electrons. The fraction of sp³-hybridized carbons (Fsp3) is 0.286. The number of hydrogen-bond donors (Lipinski definition) is 1. The highest BCUT2D eigenvalue weighted by Crippen LogP contribution is 2.27. The summed E-state index contributed by atoms with van der Waals surface area (Å²) in [5, 5.41) is 9.57. The Morgan fingerprint density at radius 1 is 1.07 bits per heavy atom. The summed E-state index contributed by atoms with van der Waals surface area (Å²) in [5.74, 6) is -0.116. The molecule has 1 N–H and O–H groups in total. The second kappa shape index (κ2) is 8.91. The van der Waals surface area contributed by atoms with Crippen molar-refractivity contribution < 1.29 is 23.8 Å². The first-order chi connectivity index (χ1) is 13.4. The van der Waals surface area contributed by atoms with E-state index in [9.17, 15) is 14.9 Å². The van der Waals surface area contributed by atoms with Gasteiger partial charge in [0.1, 0.15) is 23.1 Å². The van der Waals surface area contributed by atoms with E-state index in [0.717, 1.165) is 0 Å². The van der Waals surface area contributed by atoms with Crippen molar-refractivity contribution in [2.45, 2.75) is 20.8 Å². The van der Waals surface area contributed by atoms with E-state index >= 15 is 0 Å². The Hall–Kier alpha value is -3.53. The van der Waals surface area contributed by atoms with E-state index in [1.54, 1.807) is 39.0 Å². The number of allylic oxidation sites excluding steroid dienone is 1. The number of esters is 1. The maximum absolute atomic E-state index is 13.1. The molecule has 0 atom stereocenters. The third-order valence-corrected chi connectivity index (χ3v) is 4.13. The first kappa shape index (κ1) is 20.8. The smallest absolute Gasteiger partial charge is 0.340 e. The van der Waals surface area contributed by atoms with E-state index < -0.39 is 11.8 Å². The summed E-state index contributed by atoms with van der Waals surface area (Å²) in [5.41, 5.74) is 1.73. The second-order valence-corrected chi connectivity index (χ2v) is 5.99. The topological polar surface area (TPSA) is 101 Å². The number of methoxy groups -OCH3 is 2. The van der Waals surface area contributed by atoms with Gasteiger partial charge >= 0.3 is 5.97 Å². The lowest BCUT2D eigenvalue weighted by molar-refractivity contribution is 0.0523. The lowest BCUT2D eigenvalue weighted by Crippen LogP contribution is -2.13. The molecule has 0 unspecified atom stereocenters. The first-order valence-electron chi connectivity index (χ1n) is 8.62. The summed E-state index contributed by atoms with van der Waals surface area (Å²) in [6, 6.07) is 6.96. The number of aromatic amines is 1. The zero-order valence-corrected chi connectivity index (χ0v) is 16.5. The van der Waals surface area contributed by atoms with Crippen molar-refractivity contribution in [3.05, 3.63) is 51.9 Å². The third kappa shape index (κ3) is 4.23. The van der Waals surface area contributed by atoms with Gasteiger partial charge in [0.25, 0.3) is 0 Å². The average Bonchev–Trinajstić information content (AvgIpc) is 2.99. The van der Waals surface area contributed by atoms with Gasteiger partial charge in [-0.05, 0) is 44.5 Å². The van der Waals surface area contributed by atoms with Gasteiger partial charge in [0.15, 0.2) is 0 Å². The van der Waals surface area contributed by atoms with Crippen LogP contribution in [0.1, 0.15) is 44.6 Å². The molecular weight excluding hydrogens is 360 g/mol. The van der Waals surface area contributed by atoms with E-state index in [1.807, 2.05) is 6.07 Å².